The van der Waals surface area contributed by atoms with Crippen molar-refractivity contribution < 1.29 is 4.74 Å². The van der Waals surface area contributed by atoms with Crippen LogP contribution in [0.2, 0.25) is 0 Å². The highest BCUT2D eigenvalue weighted by Crippen LogP contribution is 2.16. The van der Waals surface area contributed by atoms with Crippen molar-refractivity contribution in [3.63, 3.8) is 0 Å². The number of piperidine rings is 1. The van der Waals surface area contributed by atoms with Crippen LogP contribution < -0.4 is 10.6 Å². The average Bonchev–Trinajstić information content (AvgIpc) is 2.82. The molecule has 0 unspecified atom stereocenters. The Balaban J connectivity index is 0.00000363. The zero-order chi connectivity index (χ0) is 21.7. The van der Waals surface area contributed by atoms with Crippen LogP contribution in [0.3, 0.4) is 0 Å². The monoisotopic (exact) mass is 547 g/mol. The van der Waals surface area contributed by atoms with Crippen LogP contribution in [0, 0.1) is 11.3 Å². The first-order valence-corrected chi connectivity index (χ1v) is 11.1. The van der Waals surface area contributed by atoms with Crippen LogP contribution in [0.4, 0.5) is 0 Å². The summed E-state index contributed by atoms with van der Waals surface area (Å²) in [6.07, 6.45) is 3.52. The summed E-state index contributed by atoms with van der Waals surface area (Å²) in [5.74, 6) is 0.761. The summed E-state index contributed by atoms with van der Waals surface area (Å²) in [6, 6.07) is 20.4. The number of likely N-dealkylation sites (tertiary alicyclic amines) is 1. The van der Waals surface area contributed by atoms with E-state index in [-0.39, 0.29) is 24.0 Å². The molecule has 6 nitrogen and oxygen atoms in total. The summed E-state index contributed by atoms with van der Waals surface area (Å²) in [5, 5.41) is 15.6. The Morgan fingerprint density at radius 2 is 1.84 bits per heavy atom. The van der Waals surface area contributed by atoms with Crippen molar-refractivity contribution in [3.05, 3.63) is 71.3 Å². The van der Waals surface area contributed by atoms with Crippen LogP contribution >= 0.6 is 24.0 Å². The molecule has 0 aliphatic carbocycles. The van der Waals surface area contributed by atoms with Gasteiger partial charge in [-0.3, -0.25) is 9.89 Å². The molecule has 2 N–H and O–H groups in total. The number of hydrogen-bond acceptors (Lipinski definition) is 4. The maximum Gasteiger partial charge on any atom is 0.191 e. The summed E-state index contributed by atoms with van der Waals surface area (Å²) in [5.41, 5.74) is 3.11. The number of hydrogen-bond donors (Lipinski definition) is 2. The molecule has 0 saturated carbocycles. The molecule has 0 radical (unpaired) electrons. The highest BCUT2D eigenvalue weighted by Gasteiger charge is 2.19. The number of guanidine groups is 1. The van der Waals surface area contributed by atoms with E-state index in [0.717, 1.165) is 63.6 Å². The first-order valence-electron chi connectivity index (χ1n) is 11.1. The molecule has 0 spiro atoms. The van der Waals surface area contributed by atoms with Crippen molar-refractivity contribution in [2.24, 2.45) is 4.99 Å². The number of aliphatic imine (C=N–C) groups is 1. The van der Waals surface area contributed by atoms with Crippen LogP contribution in [0.5, 0.6) is 0 Å². The third-order valence-corrected chi connectivity index (χ3v) is 5.49. The zero-order valence-electron chi connectivity index (χ0n) is 18.8. The Morgan fingerprint density at radius 1 is 1.09 bits per heavy atom. The quantitative estimate of drug-likeness (QED) is 0.216. The Kier molecular flexibility index (Phi) is 12.1. The first kappa shape index (κ1) is 26.1. The Hall–Kier alpha value is -2.15. The van der Waals surface area contributed by atoms with Gasteiger partial charge in [0.25, 0.3) is 0 Å². The Bertz CT molecular complexity index is 860. The number of ether oxygens (including phenoxy) is 1. The van der Waals surface area contributed by atoms with Gasteiger partial charge >= 0.3 is 0 Å². The second-order valence-corrected chi connectivity index (χ2v) is 7.85. The van der Waals surface area contributed by atoms with Crippen molar-refractivity contribution in [3.8, 4) is 6.07 Å². The molecule has 1 fully saturated rings. The minimum atomic E-state index is 0. The maximum absolute atomic E-state index is 9.00. The van der Waals surface area contributed by atoms with E-state index in [4.69, 9.17) is 10.00 Å². The number of nitriles is 1. The van der Waals surface area contributed by atoms with Gasteiger partial charge in [0.05, 0.1) is 17.7 Å². The van der Waals surface area contributed by atoms with Gasteiger partial charge in [0.2, 0.25) is 0 Å². The van der Waals surface area contributed by atoms with Gasteiger partial charge in [-0.25, -0.2) is 0 Å². The zero-order valence-corrected chi connectivity index (χ0v) is 21.1. The van der Waals surface area contributed by atoms with Crippen LogP contribution in [-0.2, 0) is 17.8 Å². The highest BCUT2D eigenvalue weighted by atomic mass is 127. The number of benzene rings is 2. The molecule has 172 valence electrons. The predicted octanol–water partition coefficient (Wildman–Crippen LogP) is 3.91. The molecule has 1 heterocycles. The molecule has 2 aromatic carbocycles. The summed E-state index contributed by atoms with van der Waals surface area (Å²) >= 11 is 0. The normalized spacial score (nSPS) is 14.9. The third kappa shape index (κ3) is 9.15. The molecular formula is C25H34IN5O. The van der Waals surface area contributed by atoms with Crippen molar-refractivity contribution >= 4 is 29.9 Å². The average molecular weight is 547 g/mol. The Morgan fingerprint density at radius 3 is 2.56 bits per heavy atom. The van der Waals surface area contributed by atoms with E-state index >= 15 is 0 Å². The molecule has 0 bridgehead atoms. The van der Waals surface area contributed by atoms with Gasteiger partial charge in [0.15, 0.2) is 5.96 Å². The minimum Gasteiger partial charge on any atom is -0.378 e. The van der Waals surface area contributed by atoms with Gasteiger partial charge in [-0.1, -0.05) is 42.5 Å². The second kappa shape index (κ2) is 14.8. The molecule has 3 rings (SSSR count). The summed E-state index contributed by atoms with van der Waals surface area (Å²) in [6.45, 7) is 5.43. The van der Waals surface area contributed by atoms with Crippen molar-refractivity contribution in [2.75, 3.05) is 33.3 Å². The van der Waals surface area contributed by atoms with Gasteiger partial charge in [-0.05, 0) is 42.5 Å². The molecule has 32 heavy (non-hydrogen) atoms. The summed E-state index contributed by atoms with van der Waals surface area (Å²) < 4.78 is 6.09. The molecule has 0 amide bonds. The van der Waals surface area contributed by atoms with E-state index in [9.17, 15) is 0 Å². The largest absolute Gasteiger partial charge is 0.378 e. The van der Waals surface area contributed by atoms with Gasteiger partial charge < -0.3 is 15.4 Å². The fraction of sp³-hybridized carbons (Fsp3) is 0.440. The molecule has 0 atom stereocenters. The highest BCUT2D eigenvalue weighted by molar-refractivity contribution is 14.0. The molecule has 7 heteroatoms. The second-order valence-electron chi connectivity index (χ2n) is 7.85. The molecular weight excluding hydrogens is 513 g/mol. The lowest BCUT2D eigenvalue weighted by molar-refractivity contribution is 0.00534. The molecule has 1 aliphatic heterocycles. The van der Waals surface area contributed by atoms with Gasteiger partial charge in [0, 0.05) is 46.4 Å². The lowest BCUT2D eigenvalue weighted by Gasteiger charge is -2.32. The minimum absolute atomic E-state index is 0. The standard InChI is InChI=1S/C25H33N5O.HI/c1-27-25(29-19-23-10-5-9-22(17-23)18-26)28-13-6-16-31-24-11-14-30(15-12-24)20-21-7-3-2-4-8-21;/h2-5,7-10,17,24H,6,11-16,19-20H2,1H3,(H2,27,28,29);1H. The van der Waals surface area contributed by atoms with Crippen molar-refractivity contribution in [1.82, 2.24) is 15.5 Å². The maximum atomic E-state index is 9.00. The van der Waals surface area contributed by atoms with Gasteiger partial charge in [-0.15, -0.1) is 24.0 Å². The number of nitrogens with one attached hydrogen (secondary N) is 2. The van der Waals surface area contributed by atoms with Crippen LogP contribution in [0.1, 0.15) is 36.0 Å². The third-order valence-electron chi connectivity index (χ3n) is 5.49. The van der Waals surface area contributed by atoms with Crippen molar-refractivity contribution in [1.29, 1.82) is 5.26 Å². The van der Waals surface area contributed by atoms with E-state index < -0.39 is 0 Å². The van der Waals surface area contributed by atoms with E-state index in [2.05, 4.69) is 56.9 Å². The van der Waals surface area contributed by atoms with Crippen LogP contribution in [0.15, 0.2) is 59.6 Å². The van der Waals surface area contributed by atoms with E-state index in [1.54, 1.807) is 7.05 Å². The fourth-order valence-electron chi connectivity index (χ4n) is 3.76. The first-order chi connectivity index (χ1) is 15.3. The lowest BCUT2D eigenvalue weighted by atomic mass is 10.1. The van der Waals surface area contributed by atoms with Gasteiger partial charge in [0.1, 0.15) is 0 Å². The molecule has 1 saturated heterocycles. The van der Waals surface area contributed by atoms with Crippen LogP contribution in [-0.4, -0.2) is 50.3 Å². The summed E-state index contributed by atoms with van der Waals surface area (Å²) in [4.78, 5) is 6.77. The SMILES string of the molecule is CN=C(NCCCOC1CCN(Cc2ccccc2)CC1)NCc1cccc(C#N)c1.I. The number of halogens is 1. The predicted molar refractivity (Wildman–Crippen MR) is 140 cm³/mol. The topological polar surface area (TPSA) is 72.7 Å². The van der Waals surface area contributed by atoms with Crippen LogP contribution in [0.25, 0.3) is 0 Å². The van der Waals surface area contributed by atoms with E-state index in [0.29, 0.717) is 18.2 Å². The number of rotatable bonds is 9. The summed E-state index contributed by atoms with van der Waals surface area (Å²) in [7, 11) is 1.76. The molecule has 2 aromatic rings. The molecule has 1 aliphatic rings. The smallest absolute Gasteiger partial charge is 0.191 e. The van der Waals surface area contributed by atoms with Gasteiger partial charge in [-0.2, -0.15) is 5.26 Å². The number of nitrogens with zero attached hydrogens (tertiary/aromatic N) is 3. The van der Waals surface area contributed by atoms with Crippen molar-refractivity contribution in [2.45, 2.75) is 38.5 Å². The molecule has 0 aromatic heterocycles. The fourth-order valence-corrected chi connectivity index (χ4v) is 3.76. The van der Waals surface area contributed by atoms with E-state index in [1.807, 2.05) is 24.3 Å². The lowest BCUT2D eigenvalue weighted by Crippen LogP contribution is -2.38. The van der Waals surface area contributed by atoms with E-state index in [1.165, 1.54) is 5.56 Å². The Labute approximate surface area is 209 Å².